The molecule has 0 spiro atoms. The van der Waals surface area contributed by atoms with E-state index < -0.39 is 0 Å². The van der Waals surface area contributed by atoms with Crippen LogP contribution in [-0.4, -0.2) is 6.17 Å². The van der Waals surface area contributed by atoms with E-state index in [1.54, 1.807) is 0 Å². The fraction of sp³-hybridized carbons (Fsp3) is 0.364. The van der Waals surface area contributed by atoms with Crippen molar-refractivity contribution < 1.29 is 0 Å². The molecule has 3 rings (SSSR count). The van der Waals surface area contributed by atoms with E-state index in [1.165, 1.54) is 44.8 Å². The van der Waals surface area contributed by atoms with Gasteiger partial charge in [0, 0.05) is 23.8 Å². The molecule has 0 fully saturated rings. The molecule has 0 N–H and O–H groups in total. The fourth-order valence-corrected chi connectivity index (χ4v) is 3.45. The standard InChI is InChI=1S/C22H28N2/c1-14-10-21(11-15(2)18(14)5)23-8-9-24(20(23)7)22-12-16(3)19(6)17(4)13-22/h8-13,20H,1-7H3. The average molecular weight is 320 g/mol. The van der Waals surface area contributed by atoms with Crippen molar-refractivity contribution in [2.75, 3.05) is 9.80 Å². The van der Waals surface area contributed by atoms with Gasteiger partial charge in [0.2, 0.25) is 0 Å². The van der Waals surface area contributed by atoms with Crippen LogP contribution in [0.4, 0.5) is 11.4 Å². The molecule has 0 atom stereocenters. The Hall–Kier alpha value is -2.22. The zero-order valence-corrected chi connectivity index (χ0v) is 15.9. The smallest absolute Gasteiger partial charge is 0.107 e. The van der Waals surface area contributed by atoms with E-state index in [-0.39, 0.29) is 6.17 Å². The zero-order chi connectivity index (χ0) is 17.6. The molecule has 2 aromatic rings. The summed E-state index contributed by atoms with van der Waals surface area (Å²) < 4.78 is 0. The molecule has 1 aliphatic rings. The predicted molar refractivity (Wildman–Crippen MR) is 105 cm³/mol. The number of anilines is 2. The van der Waals surface area contributed by atoms with Gasteiger partial charge in [-0.25, -0.2) is 0 Å². The maximum atomic E-state index is 2.35. The molecular formula is C22H28N2. The average Bonchev–Trinajstić information content (AvgIpc) is 2.91. The van der Waals surface area contributed by atoms with Crippen molar-refractivity contribution in [3.8, 4) is 0 Å². The van der Waals surface area contributed by atoms with E-state index in [2.05, 4.69) is 94.9 Å². The van der Waals surface area contributed by atoms with Crippen molar-refractivity contribution in [1.29, 1.82) is 0 Å². The maximum Gasteiger partial charge on any atom is 0.107 e. The van der Waals surface area contributed by atoms with E-state index in [1.807, 2.05) is 0 Å². The third kappa shape index (κ3) is 2.71. The summed E-state index contributed by atoms with van der Waals surface area (Å²) in [6, 6.07) is 9.16. The Labute approximate surface area is 146 Å². The second-order valence-electron chi connectivity index (χ2n) is 7.15. The highest BCUT2D eigenvalue weighted by molar-refractivity contribution is 5.64. The molecule has 0 radical (unpaired) electrons. The number of nitrogens with zero attached hydrogens (tertiary/aromatic N) is 2. The maximum absolute atomic E-state index is 2.35. The Morgan fingerprint density at radius 3 is 1.17 bits per heavy atom. The molecule has 2 nitrogen and oxygen atoms in total. The van der Waals surface area contributed by atoms with Crippen molar-refractivity contribution >= 4 is 11.4 Å². The Balaban J connectivity index is 1.94. The van der Waals surface area contributed by atoms with E-state index in [9.17, 15) is 0 Å². The lowest BCUT2D eigenvalue weighted by atomic mass is 10.0. The summed E-state index contributed by atoms with van der Waals surface area (Å²) in [5.74, 6) is 0. The molecule has 0 saturated heterocycles. The summed E-state index contributed by atoms with van der Waals surface area (Å²) in [6.45, 7) is 15.4. The quantitative estimate of drug-likeness (QED) is 0.702. The number of rotatable bonds is 2. The van der Waals surface area contributed by atoms with Gasteiger partial charge in [0.05, 0.1) is 0 Å². The summed E-state index contributed by atoms with van der Waals surface area (Å²) in [4.78, 5) is 4.70. The fourth-order valence-electron chi connectivity index (χ4n) is 3.45. The summed E-state index contributed by atoms with van der Waals surface area (Å²) >= 11 is 0. The molecule has 24 heavy (non-hydrogen) atoms. The van der Waals surface area contributed by atoms with Gasteiger partial charge in [0.15, 0.2) is 0 Å². The molecule has 0 saturated carbocycles. The van der Waals surface area contributed by atoms with Gasteiger partial charge in [-0.1, -0.05) is 0 Å². The molecule has 1 heterocycles. The second-order valence-corrected chi connectivity index (χ2v) is 7.15. The number of hydrogen-bond donors (Lipinski definition) is 0. The van der Waals surface area contributed by atoms with Crippen LogP contribution in [0.5, 0.6) is 0 Å². The van der Waals surface area contributed by atoms with E-state index in [0.717, 1.165) is 0 Å². The van der Waals surface area contributed by atoms with E-state index >= 15 is 0 Å². The Kier molecular flexibility index (Phi) is 4.16. The first-order valence-electron chi connectivity index (χ1n) is 8.70. The summed E-state index contributed by atoms with van der Waals surface area (Å²) in [5.41, 5.74) is 10.7. The highest BCUT2D eigenvalue weighted by Crippen LogP contribution is 2.32. The lowest BCUT2D eigenvalue weighted by Crippen LogP contribution is -2.36. The monoisotopic (exact) mass is 320 g/mol. The van der Waals surface area contributed by atoms with Crippen LogP contribution in [0.2, 0.25) is 0 Å². The molecular weight excluding hydrogens is 292 g/mol. The lowest BCUT2D eigenvalue weighted by molar-refractivity contribution is 0.748. The molecule has 0 aliphatic carbocycles. The molecule has 2 aromatic carbocycles. The highest BCUT2D eigenvalue weighted by Gasteiger charge is 2.25. The third-order valence-corrected chi connectivity index (χ3v) is 5.61. The van der Waals surface area contributed by atoms with Crippen molar-refractivity contribution in [2.24, 2.45) is 0 Å². The molecule has 126 valence electrons. The Morgan fingerprint density at radius 1 is 0.583 bits per heavy atom. The molecule has 2 heteroatoms. The van der Waals surface area contributed by atoms with Gasteiger partial charge < -0.3 is 9.80 Å². The van der Waals surface area contributed by atoms with Gasteiger partial charge >= 0.3 is 0 Å². The minimum Gasteiger partial charge on any atom is -0.326 e. The van der Waals surface area contributed by atoms with Crippen molar-refractivity contribution in [3.05, 3.63) is 70.0 Å². The molecule has 0 aromatic heterocycles. The summed E-state index contributed by atoms with van der Waals surface area (Å²) in [7, 11) is 0. The molecule has 1 aliphatic heterocycles. The van der Waals surface area contributed by atoms with Crippen LogP contribution in [0.25, 0.3) is 0 Å². The third-order valence-electron chi connectivity index (χ3n) is 5.61. The van der Waals surface area contributed by atoms with Gasteiger partial charge in [0.25, 0.3) is 0 Å². The topological polar surface area (TPSA) is 6.48 Å². The van der Waals surface area contributed by atoms with E-state index in [4.69, 9.17) is 0 Å². The largest absolute Gasteiger partial charge is 0.326 e. The minimum atomic E-state index is 0.271. The normalized spacial score (nSPS) is 14.8. The van der Waals surface area contributed by atoms with Gasteiger partial charge in [-0.3, -0.25) is 0 Å². The first-order chi connectivity index (χ1) is 11.3. The Bertz CT molecular complexity index is 703. The first-order valence-corrected chi connectivity index (χ1v) is 8.70. The van der Waals surface area contributed by atoms with Gasteiger partial charge in [-0.15, -0.1) is 0 Å². The predicted octanol–water partition coefficient (Wildman–Crippen LogP) is 5.68. The first kappa shape index (κ1) is 16.6. The second kappa shape index (κ2) is 6.01. The van der Waals surface area contributed by atoms with Crippen LogP contribution in [0.1, 0.15) is 40.3 Å². The van der Waals surface area contributed by atoms with E-state index in [0.29, 0.717) is 0 Å². The SMILES string of the molecule is Cc1cc(N2C=CN(c3cc(C)c(C)c(C)c3)C2C)cc(C)c1C. The van der Waals surface area contributed by atoms with Gasteiger partial charge in [0.1, 0.15) is 6.17 Å². The van der Waals surface area contributed by atoms with Crippen LogP contribution in [0, 0.1) is 41.5 Å². The molecule has 0 bridgehead atoms. The number of benzene rings is 2. The summed E-state index contributed by atoms with van der Waals surface area (Å²) in [5, 5.41) is 0. The van der Waals surface area contributed by atoms with Crippen LogP contribution < -0.4 is 9.80 Å². The lowest BCUT2D eigenvalue weighted by Gasteiger charge is -2.31. The molecule has 0 amide bonds. The Morgan fingerprint density at radius 2 is 0.875 bits per heavy atom. The number of aryl methyl sites for hydroxylation is 4. The van der Waals surface area contributed by atoms with Crippen molar-refractivity contribution in [1.82, 2.24) is 0 Å². The number of hydrogen-bond acceptors (Lipinski definition) is 2. The van der Waals surface area contributed by atoms with Gasteiger partial charge in [-0.2, -0.15) is 0 Å². The summed E-state index contributed by atoms with van der Waals surface area (Å²) in [6.07, 6.45) is 4.66. The van der Waals surface area contributed by atoms with Crippen molar-refractivity contribution in [3.63, 3.8) is 0 Å². The molecule has 0 unspecified atom stereocenters. The van der Waals surface area contributed by atoms with Crippen molar-refractivity contribution in [2.45, 2.75) is 54.6 Å². The van der Waals surface area contributed by atoms with Crippen LogP contribution in [0.15, 0.2) is 36.7 Å². The van der Waals surface area contributed by atoms with Gasteiger partial charge in [-0.05, 0) is 106 Å². The van der Waals surface area contributed by atoms with Crippen LogP contribution in [0.3, 0.4) is 0 Å². The highest BCUT2D eigenvalue weighted by atomic mass is 15.4. The minimum absolute atomic E-state index is 0.271. The zero-order valence-electron chi connectivity index (χ0n) is 15.9. The van der Waals surface area contributed by atoms with Crippen LogP contribution >= 0.6 is 0 Å². The van der Waals surface area contributed by atoms with Crippen LogP contribution in [-0.2, 0) is 0 Å².